The molecule has 3 heteroatoms. The Morgan fingerprint density at radius 1 is 1.38 bits per heavy atom. The van der Waals surface area contributed by atoms with Crippen LogP contribution in [-0.4, -0.2) is 41.1 Å². The van der Waals surface area contributed by atoms with Gasteiger partial charge in [0.15, 0.2) is 0 Å². The molecule has 0 aromatic rings. The lowest BCUT2D eigenvalue weighted by Crippen LogP contribution is -2.39. The molecular weight excluding hydrogens is 230 g/mol. The molecule has 1 aliphatic carbocycles. The van der Waals surface area contributed by atoms with E-state index in [1.807, 2.05) is 0 Å². The van der Waals surface area contributed by atoms with E-state index in [1.54, 1.807) is 0 Å². The second-order valence-corrected chi connectivity index (χ2v) is 5.00. The first-order chi connectivity index (χ1) is 6.16. The van der Waals surface area contributed by atoms with Crippen LogP contribution in [-0.2, 0) is 0 Å². The van der Waals surface area contributed by atoms with Crippen molar-refractivity contribution >= 4 is 15.9 Å². The molecule has 0 amide bonds. The second-order valence-electron chi connectivity index (χ2n) is 4.21. The van der Waals surface area contributed by atoms with E-state index in [4.69, 9.17) is 0 Å². The van der Waals surface area contributed by atoms with Crippen molar-refractivity contribution in [3.63, 3.8) is 0 Å². The van der Waals surface area contributed by atoms with E-state index >= 15 is 0 Å². The molecule has 0 spiro atoms. The maximum absolute atomic E-state index is 10.1. The van der Waals surface area contributed by atoms with Crippen molar-refractivity contribution in [3.8, 4) is 0 Å². The second kappa shape index (κ2) is 5.32. The summed E-state index contributed by atoms with van der Waals surface area (Å²) < 4.78 is 0. The van der Waals surface area contributed by atoms with Crippen LogP contribution in [0.15, 0.2) is 0 Å². The Kier molecular flexibility index (Phi) is 4.70. The average Bonchev–Trinajstić information content (AvgIpc) is 2.48. The number of hydrogen-bond donors (Lipinski definition) is 1. The Morgan fingerprint density at radius 3 is 2.54 bits per heavy atom. The number of nitrogens with zero attached hydrogens (tertiary/aromatic N) is 1. The van der Waals surface area contributed by atoms with E-state index in [1.165, 1.54) is 12.8 Å². The summed E-state index contributed by atoms with van der Waals surface area (Å²) in [7, 11) is 2.10. The molecule has 0 aromatic carbocycles. The lowest BCUT2D eigenvalue weighted by atomic mass is 10.0. The SMILES string of the molecule is CN(CCCBr)CC1(O)CCCC1. The molecule has 2 nitrogen and oxygen atoms in total. The van der Waals surface area contributed by atoms with Crippen LogP contribution in [0.2, 0.25) is 0 Å². The van der Waals surface area contributed by atoms with E-state index in [0.717, 1.165) is 37.7 Å². The highest BCUT2D eigenvalue weighted by Gasteiger charge is 2.31. The zero-order valence-corrected chi connectivity index (χ0v) is 10.0. The standard InChI is InChI=1S/C10H20BrNO/c1-12(8-4-7-11)9-10(13)5-2-3-6-10/h13H,2-9H2,1H3. The Labute approximate surface area is 89.4 Å². The first-order valence-corrected chi connectivity index (χ1v) is 6.25. The molecule has 13 heavy (non-hydrogen) atoms. The molecule has 0 unspecified atom stereocenters. The van der Waals surface area contributed by atoms with Gasteiger partial charge in [-0.15, -0.1) is 0 Å². The molecule has 1 saturated carbocycles. The van der Waals surface area contributed by atoms with Crippen molar-refractivity contribution in [1.82, 2.24) is 4.90 Å². The van der Waals surface area contributed by atoms with Gasteiger partial charge in [-0.25, -0.2) is 0 Å². The topological polar surface area (TPSA) is 23.5 Å². The Hall–Kier alpha value is 0.400. The summed E-state index contributed by atoms with van der Waals surface area (Å²) >= 11 is 3.41. The number of aliphatic hydroxyl groups is 1. The van der Waals surface area contributed by atoms with Gasteiger partial charge in [0.05, 0.1) is 5.60 Å². The minimum Gasteiger partial charge on any atom is -0.389 e. The zero-order chi connectivity index (χ0) is 9.73. The van der Waals surface area contributed by atoms with Gasteiger partial charge in [-0.1, -0.05) is 28.8 Å². The highest BCUT2D eigenvalue weighted by atomic mass is 79.9. The highest BCUT2D eigenvalue weighted by molar-refractivity contribution is 9.09. The van der Waals surface area contributed by atoms with E-state index < -0.39 is 0 Å². The average molecular weight is 250 g/mol. The molecule has 0 radical (unpaired) electrons. The van der Waals surface area contributed by atoms with Gasteiger partial charge in [0.25, 0.3) is 0 Å². The fourth-order valence-corrected chi connectivity index (χ4v) is 2.35. The summed E-state index contributed by atoms with van der Waals surface area (Å²) in [6, 6.07) is 0. The van der Waals surface area contributed by atoms with E-state index in [2.05, 4.69) is 27.9 Å². The van der Waals surface area contributed by atoms with Crippen molar-refractivity contribution in [2.24, 2.45) is 0 Å². The normalized spacial score (nSPS) is 21.2. The van der Waals surface area contributed by atoms with Gasteiger partial charge in [-0.3, -0.25) is 0 Å². The fraction of sp³-hybridized carbons (Fsp3) is 1.00. The summed E-state index contributed by atoms with van der Waals surface area (Å²) in [4.78, 5) is 2.24. The fourth-order valence-electron chi connectivity index (χ4n) is 2.10. The third kappa shape index (κ3) is 3.96. The van der Waals surface area contributed by atoms with Crippen molar-refractivity contribution in [2.75, 3.05) is 25.5 Å². The predicted molar refractivity (Wildman–Crippen MR) is 59.3 cm³/mol. The lowest BCUT2D eigenvalue weighted by Gasteiger charge is -2.28. The first kappa shape index (κ1) is 11.5. The van der Waals surface area contributed by atoms with E-state index in [0.29, 0.717) is 0 Å². The van der Waals surface area contributed by atoms with Crippen LogP contribution >= 0.6 is 15.9 Å². The summed E-state index contributed by atoms with van der Waals surface area (Å²) in [5.41, 5.74) is -0.374. The molecule has 0 heterocycles. The minimum atomic E-state index is -0.374. The first-order valence-electron chi connectivity index (χ1n) is 5.13. The highest BCUT2D eigenvalue weighted by Crippen LogP contribution is 2.29. The quantitative estimate of drug-likeness (QED) is 0.754. The molecule has 0 aliphatic heterocycles. The molecule has 78 valence electrons. The molecule has 1 fully saturated rings. The van der Waals surface area contributed by atoms with E-state index in [-0.39, 0.29) is 5.60 Å². The molecule has 0 atom stereocenters. The molecule has 1 N–H and O–H groups in total. The number of halogens is 1. The van der Waals surface area contributed by atoms with Crippen LogP contribution in [0.4, 0.5) is 0 Å². The summed E-state index contributed by atoms with van der Waals surface area (Å²) in [5.74, 6) is 0. The minimum absolute atomic E-state index is 0.374. The zero-order valence-electron chi connectivity index (χ0n) is 8.43. The summed E-state index contributed by atoms with van der Waals surface area (Å²) in [5, 5.41) is 11.2. The predicted octanol–water partition coefficient (Wildman–Crippen LogP) is 2.01. The number of likely N-dealkylation sites (N-methyl/N-ethyl adjacent to an activating group) is 1. The van der Waals surface area contributed by atoms with Gasteiger partial charge in [-0.05, 0) is 32.9 Å². The van der Waals surface area contributed by atoms with Crippen LogP contribution in [0.5, 0.6) is 0 Å². The third-order valence-electron chi connectivity index (χ3n) is 2.77. The Balaban J connectivity index is 2.21. The van der Waals surface area contributed by atoms with Crippen LogP contribution < -0.4 is 0 Å². The van der Waals surface area contributed by atoms with Crippen molar-refractivity contribution in [1.29, 1.82) is 0 Å². The lowest BCUT2D eigenvalue weighted by molar-refractivity contribution is 0.0166. The van der Waals surface area contributed by atoms with Crippen molar-refractivity contribution < 1.29 is 5.11 Å². The van der Waals surface area contributed by atoms with Crippen LogP contribution in [0, 0.1) is 0 Å². The van der Waals surface area contributed by atoms with Crippen LogP contribution in [0.1, 0.15) is 32.1 Å². The van der Waals surface area contributed by atoms with Gasteiger partial charge in [-0.2, -0.15) is 0 Å². The van der Waals surface area contributed by atoms with Gasteiger partial charge >= 0.3 is 0 Å². The molecular formula is C10H20BrNO. The smallest absolute Gasteiger partial charge is 0.0774 e. The van der Waals surface area contributed by atoms with Gasteiger partial charge in [0.2, 0.25) is 0 Å². The molecule has 0 aromatic heterocycles. The number of hydrogen-bond acceptors (Lipinski definition) is 2. The van der Waals surface area contributed by atoms with Gasteiger partial charge in [0.1, 0.15) is 0 Å². The third-order valence-corrected chi connectivity index (χ3v) is 3.33. The van der Waals surface area contributed by atoms with Gasteiger partial charge in [0, 0.05) is 11.9 Å². The molecule has 0 bridgehead atoms. The summed E-state index contributed by atoms with van der Waals surface area (Å²) in [6.07, 6.45) is 5.54. The molecule has 1 rings (SSSR count). The number of alkyl halides is 1. The van der Waals surface area contributed by atoms with Gasteiger partial charge < -0.3 is 10.0 Å². The maximum atomic E-state index is 10.1. The summed E-state index contributed by atoms with van der Waals surface area (Å²) in [6.45, 7) is 1.92. The maximum Gasteiger partial charge on any atom is 0.0774 e. The Morgan fingerprint density at radius 2 is 2.00 bits per heavy atom. The van der Waals surface area contributed by atoms with Crippen molar-refractivity contribution in [2.45, 2.75) is 37.7 Å². The monoisotopic (exact) mass is 249 g/mol. The van der Waals surface area contributed by atoms with Crippen LogP contribution in [0.25, 0.3) is 0 Å². The van der Waals surface area contributed by atoms with Crippen LogP contribution in [0.3, 0.4) is 0 Å². The Bertz CT molecular complexity index is 146. The van der Waals surface area contributed by atoms with Crippen molar-refractivity contribution in [3.05, 3.63) is 0 Å². The van der Waals surface area contributed by atoms with E-state index in [9.17, 15) is 5.11 Å². The molecule has 0 saturated heterocycles. The molecule has 1 aliphatic rings. The number of rotatable bonds is 5. The largest absolute Gasteiger partial charge is 0.389 e.